The fourth-order valence-electron chi connectivity index (χ4n) is 4.24. The lowest BCUT2D eigenvalue weighted by Gasteiger charge is -2.26. The zero-order valence-electron chi connectivity index (χ0n) is 16.9. The highest BCUT2D eigenvalue weighted by Crippen LogP contribution is 2.40. The van der Waals surface area contributed by atoms with Crippen LogP contribution >= 0.6 is 22.1 Å². The molecule has 4 aromatic rings. The third kappa shape index (κ3) is 3.42. The van der Waals surface area contributed by atoms with Crippen LogP contribution in [-0.2, 0) is 13.0 Å². The predicted octanol–water partition coefficient (Wildman–Crippen LogP) is 5.35. The second kappa shape index (κ2) is 7.73. The van der Waals surface area contributed by atoms with E-state index in [-0.39, 0.29) is 22.2 Å². The molecule has 2 atom stereocenters. The van der Waals surface area contributed by atoms with Gasteiger partial charge in [0.25, 0.3) is 0 Å². The Morgan fingerprint density at radius 1 is 1.35 bits per heavy atom. The van der Waals surface area contributed by atoms with Gasteiger partial charge in [-0.25, -0.2) is 0 Å². The van der Waals surface area contributed by atoms with Gasteiger partial charge < -0.3 is 0 Å². The first-order chi connectivity index (χ1) is 15.0. The first-order valence-corrected chi connectivity index (χ1v) is 11.9. The summed E-state index contributed by atoms with van der Waals surface area (Å²) in [5.74, 6) is 4.33. The molecule has 8 heteroatoms. The summed E-state index contributed by atoms with van der Waals surface area (Å²) in [7, 11) is -0.269. The minimum Gasteiger partial charge on any atom is -0.292 e. The maximum absolute atomic E-state index is 14.0. The number of hydrogen-bond acceptors (Lipinski definition) is 3. The lowest BCUT2D eigenvalue weighted by molar-refractivity contribution is 0.0926. The van der Waals surface area contributed by atoms with Crippen molar-refractivity contribution in [2.24, 2.45) is 5.92 Å². The smallest absolute Gasteiger partial charge is 0.216 e. The lowest BCUT2D eigenvalue weighted by Crippen LogP contribution is -2.24. The van der Waals surface area contributed by atoms with Crippen LogP contribution in [0.3, 0.4) is 0 Å². The summed E-state index contributed by atoms with van der Waals surface area (Å²) in [6.45, 7) is 2.57. The van der Waals surface area contributed by atoms with Crippen LogP contribution < -0.4 is 0 Å². The number of halogens is 2. The van der Waals surface area contributed by atoms with Crippen molar-refractivity contribution < 1.29 is 9.18 Å². The molecule has 0 aliphatic carbocycles. The van der Waals surface area contributed by atoms with Gasteiger partial charge in [0.2, 0.25) is 5.95 Å². The van der Waals surface area contributed by atoms with Crippen LogP contribution in [0, 0.1) is 11.9 Å². The summed E-state index contributed by atoms with van der Waals surface area (Å²) in [6.07, 6.45) is 2.08. The van der Waals surface area contributed by atoms with E-state index < -0.39 is 5.95 Å². The second-order valence-electron chi connectivity index (χ2n) is 7.67. The number of ketones is 1. The number of rotatable bonds is 4. The van der Waals surface area contributed by atoms with Crippen LogP contribution in [0.25, 0.3) is 22.0 Å². The van der Waals surface area contributed by atoms with Crippen molar-refractivity contribution in [1.29, 1.82) is 0 Å². The summed E-state index contributed by atoms with van der Waals surface area (Å²) >= 11 is 6.19. The van der Waals surface area contributed by atoms with Gasteiger partial charge in [0.1, 0.15) is 5.69 Å². The van der Waals surface area contributed by atoms with Crippen molar-refractivity contribution in [2.75, 3.05) is 5.75 Å². The molecule has 3 heterocycles. The molecule has 1 aliphatic heterocycles. The van der Waals surface area contributed by atoms with Crippen LogP contribution in [0.2, 0.25) is 5.02 Å². The molecule has 0 fully saturated rings. The molecule has 2 aromatic carbocycles. The Morgan fingerprint density at radius 3 is 2.94 bits per heavy atom. The van der Waals surface area contributed by atoms with E-state index in [1.807, 2.05) is 37.3 Å². The van der Waals surface area contributed by atoms with Crippen molar-refractivity contribution in [3.63, 3.8) is 0 Å². The van der Waals surface area contributed by atoms with E-state index in [1.165, 1.54) is 11.1 Å². The van der Waals surface area contributed by atoms with E-state index in [9.17, 15) is 9.18 Å². The van der Waals surface area contributed by atoms with Crippen LogP contribution in [0.4, 0.5) is 4.39 Å². The van der Waals surface area contributed by atoms with E-state index in [2.05, 4.69) is 21.2 Å². The normalized spacial score (nSPS) is 18.3. The third-order valence-electron chi connectivity index (χ3n) is 5.76. The van der Waals surface area contributed by atoms with E-state index in [4.69, 9.17) is 11.6 Å². The summed E-state index contributed by atoms with van der Waals surface area (Å²) in [5.41, 5.74) is 3.43. The Morgan fingerprint density at radius 2 is 2.19 bits per heavy atom. The van der Waals surface area contributed by atoms with Crippen molar-refractivity contribution in [1.82, 2.24) is 20.0 Å². The van der Waals surface area contributed by atoms with E-state index in [0.717, 1.165) is 16.5 Å². The van der Waals surface area contributed by atoms with Gasteiger partial charge in [0.15, 0.2) is 5.78 Å². The first kappa shape index (κ1) is 20.2. The van der Waals surface area contributed by atoms with Crippen LogP contribution in [0.1, 0.15) is 23.0 Å². The van der Waals surface area contributed by atoms with Crippen molar-refractivity contribution in [3.05, 3.63) is 64.8 Å². The highest BCUT2D eigenvalue weighted by molar-refractivity contribution is 8.14. The van der Waals surface area contributed by atoms with Crippen molar-refractivity contribution >= 4 is 44.6 Å². The zero-order chi connectivity index (χ0) is 21.7. The number of benzene rings is 2. The molecule has 5 nitrogen and oxygen atoms in total. The summed E-state index contributed by atoms with van der Waals surface area (Å²) in [5, 5.41) is 12.2. The topological polar surface area (TPSA) is 63.6 Å². The number of aromatic amines is 1. The van der Waals surface area contributed by atoms with Crippen LogP contribution in [-0.4, -0.2) is 37.4 Å². The molecule has 5 rings (SSSR count). The molecule has 31 heavy (non-hydrogen) atoms. The largest absolute Gasteiger partial charge is 0.292 e. The van der Waals surface area contributed by atoms with Crippen molar-refractivity contribution in [2.45, 2.75) is 24.8 Å². The molecule has 1 aliphatic rings. The number of hydrogen-bond donors (Lipinski definition) is 1. The molecule has 1 N–H and O–H groups in total. The van der Waals surface area contributed by atoms with Gasteiger partial charge in [-0.05, 0) is 54.8 Å². The molecule has 0 radical (unpaired) electrons. The number of aromatic nitrogens is 4. The Bertz CT molecular complexity index is 1360. The highest BCUT2D eigenvalue weighted by Gasteiger charge is 2.30. The number of nitrogens with zero attached hydrogens (tertiary/aromatic N) is 3. The number of Topliss-reactive ketones (excluding diaryl/α,β-unsaturated/α-hetero) is 1. The average molecular weight is 455 g/mol. The molecule has 0 bridgehead atoms. The number of nitrogens with one attached hydrogen (secondary N) is 1. The molecular weight excluding hydrogens is 435 g/mol. The predicted molar refractivity (Wildman–Crippen MR) is 124 cm³/mol. The van der Waals surface area contributed by atoms with Gasteiger partial charge in [0.05, 0.1) is 17.3 Å². The quantitative estimate of drug-likeness (QED) is 0.334. The van der Waals surface area contributed by atoms with E-state index in [0.29, 0.717) is 40.6 Å². The Hall–Kier alpha value is -2.77. The molecule has 158 valence electrons. The highest BCUT2D eigenvalue weighted by atomic mass is 35.5. The second-order valence-corrected chi connectivity index (χ2v) is 9.87. The minimum atomic E-state index is -0.486. The van der Waals surface area contributed by atoms with Gasteiger partial charge in [-0.2, -0.15) is 25.1 Å². The van der Waals surface area contributed by atoms with E-state index in [1.54, 1.807) is 10.7 Å². The molecule has 0 saturated heterocycles. The first-order valence-electron chi connectivity index (χ1n) is 9.99. The molecular formula is C23H20ClFN4OS. The molecule has 0 spiro atoms. The maximum atomic E-state index is 14.0. The van der Waals surface area contributed by atoms with Gasteiger partial charge >= 0.3 is 0 Å². The SMILES string of the molecule is C=S1CC(C(=O)c2nn(CC)c3cc(-c4cn[nH]c4F)ccc23)Cc2cc(Cl)ccc21. The summed E-state index contributed by atoms with van der Waals surface area (Å²) < 4.78 is 15.8. The summed E-state index contributed by atoms with van der Waals surface area (Å²) in [4.78, 5) is 14.7. The Balaban J connectivity index is 1.55. The number of H-pyrrole nitrogens is 1. The molecule has 2 aromatic heterocycles. The zero-order valence-corrected chi connectivity index (χ0v) is 18.4. The standard InChI is InChI=1S/C23H20ClFN4OS/c1-3-29-19-10-13(18-11-26-27-23(18)25)4-6-17(19)21(28-29)22(30)15-8-14-9-16(24)5-7-20(14)31(2)12-15/h4-7,9-11,15H,2-3,8,12H2,1H3,(H,26,27). The average Bonchev–Trinajstić information content (AvgIpc) is 3.35. The fourth-order valence-corrected chi connectivity index (χ4v) is 6.15. The maximum Gasteiger partial charge on any atom is 0.216 e. The van der Waals surface area contributed by atoms with Crippen LogP contribution in [0.5, 0.6) is 0 Å². The number of aryl methyl sites for hydroxylation is 1. The fraction of sp³-hybridized carbons (Fsp3) is 0.217. The van der Waals surface area contributed by atoms with Crippen molar-refractivity contribution in [3.8, 4) is 11.1 Å². The molecule has 0 saturated carbocycles. The lowest BCUT2D eigenvalue weighted by atomic mass is 9.93. The van der Waals surface area contributed by atoms with E-state index >= 15 is 0 Å². The van der Waals surface area contributed by atoms with Gasteiger partial charge in [-0.3, -0.25) is 14.6 Å². The molecule has 0 amide bonds. The van der Waals surface area contributed by atoms with Gasteiger partial charge in [-0.15, -0.1) is 0 Å². The van der Waals surface area contributed by atoms with Gasteiger partial charge in [0, 0.05) is 33.5 Å². The summed E-state index contributed by atoms with van der Waals surface area (Å²) in [6, 6.07) is 11.4. The minimum absolute atomic E-state index is 0.0196. The van der Waals surface area contributed by atoms with Gasteiger partial charge in [-0.1, -0.05) is 23.5 Å². The monoisotopic (exact) mass is 454 g/mol. The number of fused-ring (bicyclic) bond motifs is 2. The third-order valence-corrected chi connectivity index (χ3v) is 7.82. The number of carbonyl (C=O) groups is 1. The molecule has 2 unspecified atom stereocenters. The Labute approximate surface area is 186 Å². The Kier molecular flexibility index (Phi) is 5.02. The number of carbonyl (C=O) groups excluding carboxylic acids is 1. The van der Waals surface area contributed by atoms with Crippen LogP contribution in [0.15, 0.2) is 47.5 Å².